The maximum Gasteiger partial charge on any atom is 0.241 e. The van der Waals surface area contributed by atoms with E-state index in [1.165, 1.54) is 0 Å². The first-order valence-electron chi connectivity index (χ1n) is 7.24. The monoisotopic (exact) mass is 268 g/mol. The summed E-state index contributed by atoms with van der Waals surface area (Å²) in [5.41, 5.74) is 5.45. The molecule has 2 aliphatic rings. The SMILES string of the molecule is CC(NC(=O)C1(N)C2CCOC2C1(C)C)C(C)(C)C. The fourth-order valence-electron chi connectivity index (χ4n) is 3.38. The molecule has 2 fully saturated rings. The average molecular weight is 268 g/mol. The highest BCUT2D eigenvalue weighted by atomic mass is 16.5. The molecule has 3 N–H and O–H groups in total. The van der Waals surface area contributed by atoms with Crippen molar-refractivity contribution in [2.45, 2.75) is 65.6 Å². The largest absolute Gasteiger partial charge is 0.377 e. The molecule has 1 amide bonds. The average Bonchev–Trinajstić information content (AvgIpc) is 2.73. The van der Waals surface area contributed by atoms with Crippen molar-refractivity contribution in [2.24, 2.45) is 22.5 Å². The van der Waals surface area contributed by atoms with Gasteiger partial charge in [0.1, 0.15) is 5.54 Å². The van der Waals surface area contributed by atoms with Crippen LogP contribution in [0.3, 0.4) is 0 Å². The van der Waals surface area contributed by atoms with Crippen molar-refractivity contribution >= 4 is 5.91 Å². The number of rotatable bonds is 2. The van der Waals surface area contributed by atoms with Gasteiger partial charge in [0, 0.05) is 24.0 Å². The predicted octanol–water partition coefficient (Wildman–Crippen LogP) is 1.68. The van der Waals surface area contributed by atoms with Gasteiger partial charge in [0.25, 0.3) is 0 Å². The van der Waals surface area contributed by atoms with E-state index >= 15 is 0 Å². The van der Waals surface area contributed by atoms with E-state index in [-0.39, 0.29) is 34.8 Å². The summed E-state index contributed by atoms with van der Waals surface area (Å²) in [5.74, 6) is 0.140. The van der Waals surface area contributed by atoms with Crippen LogP contribution in [0, 0.1) is 16.7 Å². The summed E-state index contributed by atoms with van der Waals surface area (Å²) in [6, 6.07) is 0.0950. The highest BCUT2D eigenvalue weighted by Gasteiger charge is 2.71. The molecule has 0 radical (unpaired) electrons. The molecule has 4 nitrogen and oxygen atoms in total. The van der Waals surface area contributed by atoms with E-state index in [4.69, 9.17) is 10.5 Å². The standard InChI is InChI=1S/C15H28N2O2/c1-9(13(2,3)4)17-12(18)15(16)10-7-8-19-11(10)14(15,5)6/h9-11H,7-8,16H2,1-6H3,(H,17,18). The van der Waals surface area contributed by atoms with Gasteiger partial charge in [-0.2, -0.15) is 0 Å². The fraction of sp³-hybridized carbons (Fsp3) is 0.933. The first-order valence-corrected chi connectivity index (χ1v) is 7.24. The Labute approximate surface area is 116 Å². The van der Waals surface area contributed by atoms with Gasteiger partial charge in [-0.1, -0.05) is 34.6 Å². The lowest BCUT2D eigenvalue weighted by molar-refractivity contribution is -0.176. The first-order chi connectivity index (χ1) is 8.53. The molecule has 0 aromatic rings. The summed E-state index contributed by atoms with van der Waals surface area (Å²) >= 11 is 0. The molecule has 1 saturated heterocycles. The molecule has 1 aliphatic heterocycles. The summed E-state index contributed by atoms with van der Waals surface area (Å²) in [5, 5.41) is 3.11. The lowest BCUT2D eigenvalue weighted by atomic mass is 9.48. The highest BCUT2D eigenvalue weighted by molar-refractivity contribution is 5.89. The molecule has 0 bridgehead atoms. The lowest BCUT2D eigenvalue weighted by Gasteiger charge is -2.61. The number of amides is 1. The normalized spacial score (nSPS) is 38.3. The zero-order valence-corrected chi connectivity index (χ0v) is 13.0. The summed E-state index contributed by atoms with van der Waals surface area (Å²) in [4.78, 5) is 12.7. The topological polar surface area (TPSA) is 64.4 Å². The van der Waals surface area contributed by atoms with Crippen LogP contribution < -0.4 is 11.1 Å². The van der Waals surface area contributed by atoms with Crippen molar-refractivity contribution in [1.29, 1.82) is 0 Å². The van der Waals surface area contributed by atoms with Gasteiger partial charge in [0.2, 0.25) is 5.91 Å². The van der Waals surface area contributed by atoms with Gasteiger partial charge in [-0.05, 0) is 18.8 Å². The molecule has 1 saturated carbocycles. The van der Waals surface area contributed by atoms with Crippen LogP contribution in [0.4, 0.5) is 0 Å². The Hall–Kier alpha value is -0.610. The third-order valence-corrected chi connectivity index (χ3v) is 5.48. The second kappa shape index (κ2) is 4.19. The maximum absolute atomic E-state index is 12.7. The Bertz CT molecular complexity index is 386. The number of carbonyl (C=O) groups is 1. The molecule has 0 spiro atoms. The molecule has 1 heterocycles. The minimum Gasteiger partial charge on any atom is -0.377 e. The number of ether oxygens (including phenoxy) is 1. The third-order valence-electron chi connectivity index (χ3n) is 5.48. The van der Waals surface area contributed by atoms with Crippen LogP contribution in [0.15, 0.2) is 0 Å². The molecule has 4 atom stereocenters. The number of nitrogens with one attached hydrogen (secondary N) is 1. The summed E-state index contributed by atoms with van der Waals surface area (Å²) in [6.07, 6.45) is 1.02. The molecule has 2 rings (SSSR count). The van der Waals surface area contributed by atoms with Crippen LogP contribution >= 0.6 is 0 Å². The Morgan fingerprint density at radius 2 is 2.00 bits per heavy atom. The molecular formula is C15H28N2O2. The molecule has 1 aliphatic carbocycles. The second-order valence-corrected chi connectivity index (χ2v) is 7.84. The Kier molecular flexibility index (Phi) is 3.26. The Morgan fingerprint density at radius 3 is 2.53 bits per heavy atom. The van der Waals surface area contributed by atoms with E-state index in [0.29, 0.717) is 0 Å². The number of carbonyl (C=O) groups excluding carboxylic acids is 1. The second-order valence-electron chi connectivity index (χ2n) is 7.84. The van der Waals surface area contributed by atoms with E-state index in [1.54, 1.807) is 0 Å². The van der Waals surface area contributed by atoms with Gasteiger partial charge < -0.3 is 15.8 Å². The van der Waals surface area contributed by atoms with Crippen LogP contribution in [-0.4, -0.2) is 30.2 Å². The zero-order valence-electron chi connectivity index (χ0n) is 13.0. The van der Waals surface area contributed by atoms with Crippen molar-refractivity contribution < 1.29 is 9.53 Å². The first kappa shape index (κ1) is 14.8. The molecule has 110 valence electrons. The van der Waals surface area contributed by atoms with Gasteiger partial charge in [0.05, 0.1) is 6.10 Å². The minimum atomic E-state index is -0.798. The van der Waals surface area contributed by atoms with Crippen LogP contribution in [0.2, 0.25) is 0 Å². The Morgan fingerprint density at radius 1 is 1.42 bits per heavy atom. The summed E-state index contributed by atoms with van der Waals surface area (Å²) in [7, 11) is 0. The van der Waals surface area contributed by atoms with Gasteiger partial charge in [0.15, 0.2) is 0 Å². The van der Waals surface area contributed by atoms with Gasteiger partial charge in [-0.25, -0.2) is 0 Å². The molecular weight excluding hydrogens is 240 g/mol. The van der Waals surface area contributed by atoms with E-state index in [2.05, 4.69) is 26.1 Å². The summed E-state index contributed by atoms with van der Waals surface area (Å²) < 4.78 is 5.73. The van der Waals surface area contributed by atoms with Crippen LogP contribution in [0.5, 0.6) is 0 Å². The number of hydrogen-bond acceptors (Lipinski definition) is 3. The van der Waals surface area contributed by atoms with Crippen molar-refractivity contribution in [3.63, 3.8) is 0 Å². The van der Waals surface area contributed by atoms with Crippen molar-refractivity contribution in [3.05, 3.63) is 0 Å². The smallest absolute Gasteiger partial charge is 0.241 e. The molecule has 0 aromatic carbocycles. The van der Waals surface area contributed by atoms with E-state index in [1.807, 2.05) is 20.8 Å². The predicted molar refractivity (Wildman–Crippen MR) is 75.6 cm³/mol. The third kappa shape index (κ3) is 1.91. The van der Waals surface area contributed by atoms with E-state index in [9.17, 15) is 4.79 Å². The lowest BCUT2D eigenvalue weighted by Crippen LogP contribution is -2.80. The molecule has 4 heteroatoms. The van der Waals surface area contributed by atoms with E-state index < -0.39 is 5.54 Å². The van der Waals surface area contributed by atoms with Crippen LogP contribution in [0.1, 0.15) is 48.0 Å². The Balaban J connectivity index is 2.15. The number of fused-ring (bicyclic) bond motifs is 1. The summed E-state index contributed by atoms with van der Waals surface area (Å²) in [6.45, 7) is 13.2. The van der Waals surface area contributed by atoms with Gasteiger partial charge in [-0.15, -0.1) is 0 Å². The quantitative estimate of drug-likeness (QED) is 0.801. The van der Waals surface area contributed by atoms with Crippen LogP contribution in [-0.2, 0) is 9.53 Å². The van der Waals surface area contributed by atoms with Crippen molar-refractivity contribution in [2.75, 3.05) is 6.61 Å². The molecule has 0 aromatic heterocycles. The highest BCUT2D eigenvalue weighted by Crippen LogP contribution is 2.58. The molecule has 4 unspecified atom stereocenters. The van der Waals surface area contributed by atoms with Crippen molar-refractivity contribution in [1.82, 2.24) is 5.32 Å². The van der Waals surface area contributed by atoms with Crippen LogP contribution in [0.25, 0.3) is 0 Å². The van der Waals surface area contributed by atoms with E-state index in [0.717, 1.165) is 13.0 Å². The van der Waals surface area contributed by atoms with Crippen molar-refractivity contribution in [3.8, 4) is 0 Å². The molecule has 19 heavy (non-hydrogen) atoms. The zero-order chi connectivity index (χ0) is 14.6. The number of nitrogens with two attached hydrogens (primary N) is 1. The minimum absolute atomic E-state index is 0.0216. The maximum atomic E-state index is 12.7. The number of hydrogen-bond donors (Lipinski definition) is 2. The van der Waals surface area contributed by atoms with Gasteiger partial charge >= 0.3 is 0 Å². The van der Waals surface area contributed by atoms with Gasteiger partial charge in [-0.3, -0.25) is 4.79 Å². The fourth-order valence-corrected chi connectivity index (χ4v) is 3.38.